The highest BCUT2D eigenvalue weighted by Gasteiger charge is 2.22. The number of piperazine rings is 1. The van der Waals surface area contributed by atoms with Crippen LogP contribution in [-0.4, -0.2) is 61.5 Å². The molecule has 1 fully saturated rings. The van der Waals surface area contributed by atoms with Crippen molar-refractivity contribution in [2.45, 2.75) is 48.0 Å². The summed E-state index contributed by atoms with van der Waals surface area (Å²) < 4.78 is 0. The van der Waals surface area contributed by atoms with Gasteiger partial charge in [0, 0.05) is 44.7 Å². The summed E-state index contributed by atoms with van der Waals surface area (Å²) in [5, 5.41) is 3.03. The van der Waals surface area contributed by atoms with Crippen LogP contribution in [0.15, 0.2) is 0 Å². The fourth-order valence-corrected chi connectivity index (χ4v) is 2.32. The Morgan fingerprint density at radius 2 is 1.38 bits per heavy atom. The van der Waals surface area contributed by atoms with E-state index >= 15 is 0 Å². The molecule has 4 nitrogen and oxygen atoms in total. The average molecular weight is 297 g/mol. The number of rotatable bonds is 5. The fraction of sp³-hybridized carbons (Fsp3) is 0.941. The van der Waals surface area contributed by atoms with Crippen LogP contribution < -0.4 is 5.32 Å². The summed E-state index contributed by atoms with van der Waals surface area (Å²) in [7, 11) is 0. The molecule has 0 aliphatic carbocycles. The van der Waals surface area contributed by atoms with E-state index in [0.717, 1.165) is 39.3 Å². The van der Waals surface area contributed by atoms with E-state index in [1.54, 1.807) is 0 Å². The minimum atomic E-state index is -0.286. The molecule has 0 bridgehead atoms. The number of nitrogens with one attached hydrogen (secondary N) is 1. The first-order valence-electron chi connectivity index (χ1n) is 8.31. The highest BCUT2D eigenvalue weighted by Crippen LogP contribution is 2.19. The van der Waals surface area contributed by atoms with Gasteiger partial charge in [0.05, 0.1) is 0 Å². The summed E-state index contributed by atoms with van der Waals surface area (Å²) in [5.41, 5.74) is 0.139. The predicted octanol–water partition coefficient (Wildman–Crippen LogP) is 2.20. The normalized spacial score (nSPS) is 18.8. The maximum atomic E-state index is 11.8. The van der Waals surface area contributed by atoms with Crippen LogP contribution in [-0.2, 0) is 4.79 Å². The van der Waals surface area contributed by atoms with Crippen molar-refractivity contribution in [3.8, 4) is 0 Å². The van der Waals surface area contributed by atoms with Gasteiger partial charge in [-0.3, -0.25) is 9.69 Å². The van der Waals surface area contributed by atoms with Crippen LogP contribution in [0.3, 0.4) is 0 Å². The van der Waals surface area contributed by atoms with E-state index in [1.165, 1.54) is 13.0 Å². The van der Waals surface area contributed by atoms with Gasteiger partial charge in [-0.25, -0.2) is 0 Å². The molecule has 0 saturated carbocycles. The van der Waals surface area contributed by atoms with Crippen LogP contribution in [0.2, 0.25) is 0 Å². The third-order valence-electron chi connectivity index (χ3n) is 4.04. The Balaban J connectivity index is 2.15. The topological polar surface area (TPSA) is 35.6 Å². The molecule has 1 saturated heterocycles. The molecule has 4 heteroatoms. The third kappa shape index (κ3) is 7.82. The van der Waals surface area contributed by atoms with Crippen molar-refractivity contribution in [2.75, 3.05) is 45.8 Å². The van der Waals surface area contributed by atoms with Crippen molar-refractivity contribution in [3.63, 3.8) is 0 Å². The molecule has 0 radical (unpaired) electrons. The summed E-state index contributed by atoms with van der Waals surface area (Å²) in [6.45, 7) is 20.3. The summed E-state index contributed by atoms with van der Waals surface area (Å²) in [5.74, 6) is 0.145. The zero-order valence-corrected chi connectivity index (χ0v) is 15.0. The van der Waals surface area contributed by atoms with Crippen LogP contribution in [0, 0.1) is 10.8 Å². The number of amides is 1. The Labute approximate surface area is 131 Å². The highest BCUT2D eigenvalue weighted by atomic mass is 16.2. The molecule has 0 spiro atoms. The van der Waals surface area contributed by atoms with Gasteiger partial charge < -0.3 is 10.2 Å². The molecule has 1 aliphatic rings. The summed E-state index contributed by atoms with van der Waals surface area (Å²) in [6.07, 6.45) is 1.26. The van der Waals surface area contributed by atoms with Crippen molar-refractivity contribution in [1.82, 2.24) is 15.1 Å². The number of nitrogens with zero attached hydrogens (tertiary/aromatic N) is 2. The summed E-state index contributed by atoms with van der Waals surface area (Å²) in [4.78, 5) is 16.8. The van der Waals surface area contributed by atoms with Crippen molar-refractivity contribution < 1.29 is 4.79 Å². The summed E-state index contributed by atoms with van der Waals surface area (Å²) >= 11 is 0. The standard InChI is InChI=1S/C17H35N3O/c1-16(2,3)7-9-19-11-13-20(14-12-19)10-8-18-15(21)17(4,5)6/h7-14H2,1-6H3,(H,18,21). The van der Waals surface area contributed by atoms with Crippen LogP contribution in [0.25, 0.3) is 0 Å². The third-order valence-corrected chi connectivity index (χ3v) is 4.04. The molecule has 1 aliphatic heterocycles. The molecule has 0 aromatic carbocycles. The monoisotopic (exact) mass is 297 g/mol. The van der Waals surface area contributed by atoms with Crippen molar-refractivity contribution in [2.24, 2.45) is 10.8 Å². The minimum Gasteiger partial charge on any atom is -0.354 e. The molecular formula is C17H35N3O. The quantitative estimate of drug-likeness (QED) is 0.845. The molecule has 1 heterocycles. The van der Waals surface area contributed by atoms with Crippen molar-refractivity contribution in [3.05, 3.63) is 0 Å². The first-order valence-corrected chi connectivity index (χ1v) is 8.31. The first-order chi connectivity index (χ1) is 9.58. The fourth-order valence-electron chi connectivity index (χ4n) is 2.32. The lowest BCUT2D eigenvalue weighted by Crippen LogP contribution is -2.49. The van der Waals surface area contributed by atoms with E-state index < -0.39 is 0 Å². The smallest absolute Gasteiger partial charge is 0.225 e. The van der Waals surface area contributed by atoms with Gasteiger partial charge in [0.15, 0.2) is 0 Å². The van der Waals surface area contributed by atoms with Gasteiger partial charge in [-0.2, -0.15) is 0 Å². The van der Waals surface area contributed by atoms with Gasteiger partial charge in [0.25, 0.3) is 0 Å². The molecular weight excluding hydrogens is 262 g/mol. The second-order valence-corrected chi connectivity index (χ2v) is 8.50. The molecule has 0 aromatic heterocycles. The molecule has 124 valence electrons. The second kappa shape index (κ2) is 7.59. The van der Waals surface area contributed by atoms with Gasteiger partial charge in [-0.15, -0.1) is 0 Å². The number of carbonyl (C=O) groups is 1. The largest absolute Gasteiger partial charge is 0.354 e. The lowest BCUT2D eigenvalue weighted by Gasteiger charge is -2.36. The Morgan fingerprint density at radius 1 is 0.905 bits per heavy atom. The van der Waals surface area contributed by atoms with E-state index in [9.17, 15) is 4.79 Å². The van der Waals surface area contributed by atoms with Gasteiger partial charge in [-0.1, -0.05) is 41.5 Å². The predicted molar refractivity (Wildman–Crippen MR) is 89.4 cm³/mol. The molecule has 0 unspecified atom stereocenters. The van der Waals surface area contributed by atoms with Gasteiger partial charge in [0.1, 0.15) is 0 Å². The van der Waals surface area contributed by atoms with Crippen molar-refractivity contribution in [1.29, 1.82) is 0 Å². The molecule has 1 rings (SSSR count). The van der Waals surface area contributed by atoms with E-state index in [4.69, 9.17) is 0 Å². The van der Waals surface area contributed by atoms with Crippen LogP contribution in [0.1, 0.15) is 48.0 Å². The highest BCUT2D eigenvalue weighted by molar-refractivity contribution is 5.81. The van der Waals surface area contributed by atoms with E-state index in [0.29, 0.717) is 5.41 Å². The zero-order chi connectivity index (χ0) is 16.1. The average Bonchev–Trinajstić information content (AvgIpc) is 2.35. The molecule has 0 atom stereocenters. The number of carbonyl (C=O) groups excluding carboxylic acids is 1. The molecule has 21 heavy (non-hydrogen) atoms. The van der Waals surface area contributed by atoms with Gasteiger partial charge >= 0.3 is 0 Å². The van der Waals surface area contributed by atoms with Crippen LogP contribution in [0.4, 0.5) is 0 Å². The maximum Gasteiger partial charge on any atom is 0.225 e. The lowest BCUT2D eigenvalue weighted by atomic mass is 9.92. The van der Waals surface area contributed by atoms with Crippen LogP contribution >= 0.6 is 0 Å². The molecule has 1 N–H and O–H groups in total. The van der Waals surface area contributed by atoms with Crippen LogP contribution in [0.5, 0.6) is 0 Å². The Hall–Kier alpha value is -0.610. The van der Waals surface area contributed by atoms with E-state index in [1.807, 2.05) is 20.8 Å². The minimum absolute atomic E-state index is 0.145. The summed E-state index contributed by atoms with van der Waals surface area (Å²) in [6, 6.07) is 0. The molecule has 0 aromatic rings. The lowest BCUT2D eigenvalue weighted by molar-refractivity contribution is -0.128. The van der Waals surface area contributed by atoms with E-state index in [2.05, 4.69) is 35.9 Å². The molecule has 1 amide bonds. The Morgan fingerprint density at radius 3 is 1.81 bits per heavy atom. The second-order valence-electron chi connectivity index (χ2n) is 8.50. The number of hydrogen-bond donors (Lipinski definition) is 1. The Kier molecular flexibility index (Phi) is 6.67. The Bertz CT molecular complexity index is 320. The first kappa shape index (κ1) is 18.4. The van der Waals surface area contributed by atoms with Gasteiger partial charge in [0.2, 0.25) is 5.91 Å². The van der Waals surface area contributed by atoms with Crippen molar-refractivity contribution >= 4 is 5.91 Å². The zero-order valence-electron chi connectivity index (χ0n) is 15.0. The number of hydrogen-bond acceptors (Lipinski definition) is 3. The SMILES string of the molecule is CC(C)(C)CCN1CCN(CCNC(=O)C(C)(C)C)CC1. The maximum absolute atomic E-state index is 11.8. The van der Waals surface area contributed by atoms with Gasteiger partial charge in [-0.05, 0) is 18.4 Å². The van der Waals surface area contributed by atoms with E-state index in [-0.39, 0.29) is 11.3 Å².